The quantitative estimate of drug-likeness (QED) is 0.206. The minimum Gasteiger partial charge on any atom is -0.388 e. The highest BCUT2D eigenvalue weighted by molar-refractivity contribution is 5.80. The van der Waals surface area contributed by atoms with Crippen molar-refractivity contribution in [1.82, 2.24) is 5.32 Å². The molecule has 1 saturated carbocycles. The molecule has 9 atom stereocenters. The molecule has 0 aromatic rings. The zero-order valence-corrected chi connectivity index (χ0v) is 11.5. The van der Waals surface area contributed by atoms with Gasteiger partial charge in [-0.25, -0.2) is 4.99 Å². The van der Waals surface area contributed by atoms with Crippen LogP contribution in [0.25, 0.3) is 0 Å². The number of guanidine groups is 1. The maximum absolute atomic E-state index is 10.6. The average molecular weight is 335 g/mol. The smallest absolute Gasteiger partial charge is 0.311 e. The lowest BCUT2D eigenvalue weighted by Crippen LogP contribution is -2.96. The Morgan fingerprint density at radius 2 is 1.74 bits per heavy atom. The van der Waals surface area contributed by atoms with Gasteiger partial charge in [-0.3, -0.25) is 0 Å². The predicted octanol–water partition coefficient (Wildman–Crippen LogP) is -6.20. The van der Waals surface area contributed by atoms with Crippen molar-refractivity contribution in [2.24, 2.45) is 16.6 Å². The molecule has 0 radical (unpaired) electrons. The number of hydrogen-bond donors (Lipinski definition) is 9. The van der Waals surface area contributed by atoms with Crippen molar-refractivity contribution in [3.05, 3.63) is 0 Å². The van der Waals surface area contributed by atoms with Crippen molar-refractivity contribution in [2.75, 3.05) is 0 Å². The van der Waals surface area contributed by atoms with Crippen LogP contribution in [-0.4, -0.2) is 95.8 Å². The third-order valence-electron chi connectivity index (χ3n) is 5.31. The van der Waals surface area contributed by atoms with Gasteiger partial charge in [-0.05, 0) is 0 Å². The van der Waals surface area contributed by atoms with E-state index in [4.69, 9.17) is 15.2 Å². The lowest BCUT2D eigenvalue weighted by Gasteiger charge is -2.71. The monoisotopic (exact) mass is 335 g/mol. The first-order valence-electron chi connectivity index (χ1n) is 6.91. The average Bonchev–Trinajstić information content (AvgIpc) is 2.44. The van der Waals surface area contributed by atoms with Crippen molar-refractivity contribution in [2.45, 2.75) is 54.0 Å². The summed E-state index contributed by atoms with van der Waals surface area (Å²) in [6.07, 6.45) is -11.1. The molecular formula is C11H17N3O9. The number of aliphatic hydroxyl groups is 7. The van der Waals surface area contributed by atoms with Gasteiger partial charge < -0.3 is 56.3 Å². The van der Waals surface area contributed by atoms with Crippen molar-refractivity contribution in [1.29, 1.82) is 0 Å². The highest BCUT2D eigenvalue weighted by atomic mass is 16.9. The van der Waals surface area contributed by atoms with Crippen LogP contribution in [0, 0.1) is 5.92 Å². The number of nitrogens with one attached hydrogen (secondary N) is 1. The topological polar surface area (TPSA) is 210 Å². The second-order valence-electron chi connectivity index (χ2n) is 6.33. The van der Waals surface area contributed by atoms with Crippen molar-refractivity contribution in [3.63, 3.8) is 0 Å². The van der Waals surface area contributed by atoms with Gasteiger partial charge in [0.25, 0.3) is 0 Å². The normalized spacial score (nSPS) is 60.4. The van der Waals surface area contributed by atoms with Gasteiger partial charge in [0, 0.05) is 0 Å². The minimum atomic E-state index is -2.64. The van der Waals surface area contributed by atoms with Crippen LogP contribution >= 0.6 is 0 Å². The van der Waals surface area contributed by atoms with Crippen LogP contribution in [0.1, 0.15) is 0 Å². The van der Waals surface area contributed by atoms with Crippen LogP contribution in [0.2, 0.25) is 0 Å². The summed E-state index contributed by atoms with van der Waals surface area (Å²) < 4.78 is 10.1. The number of nitrogens with zero attached hydrogens (tertiary/aromatic N) is 1. The Kier molecular flexibility index (Phi) is 2.76. The fourth-order valence-electron chi connectivity index (χ4n) is 4.29. The fraction of sp³-hybridized carbons (Fsp3) is 0.909. The molecule has 1 spiro atoms. The maximum Gasteiger partial charge on any atom is 0.311 e. The summed E-state index contributed by atoms with van der Waals surface area (Å²) in [7, 11) is 0. The molecule has 0 aromatic heterocycles. The maximum atomic E-state index is 10.6. The lowest BCUT2D eigenvalue weighted by molar-refractivity contribution is -0.557. The molecule has 12 nitrogen and oxygen atoms in total. The Balaban J connectivity index is 1.95. The molecule has 5 aliphatic rings. The second-order valence-corrected chi connectivity index (χ2v) is 6.33. The number of nitrogens with two attached hydrogens (primary N) is 1. The molecule has 5 rings (SSSR count). The molecular weight excluding hydrogens is 318 g/mol. The third kappa shape index (κ3) is 1.45. The molecule has 12 heteroatoms. The summed E-state index contributed by atoms with van der Waals surface area (Å²) in [5.41, 5.74) is 1.10. The molecule has 0 aromatic carbocycles. The molecule has 1 unspecified atom stereocenters. The first-order chi connectivity index (χ1) is 10.6. The zero-order chi connectivity index (χ0) is 16.9. The van der Waals surface area contributed by atoms with Gasteiger partial charge in [-0.15, -0.1) is 0 Å². The van der Waals surface area contributed by atoms with Gasteiger partial charge in [0.05, 0.1) is 5.92 Å². The molecule has 130 valence electrons. The molecule has 3 saturated heterocycles. The van der Waals surface area contributed by atoms with Crippen LogP contribution in [-0.2, 0) is 9.47 Å². The van der Waals surface area contributed by atoms with Gasteiger partial charge in [0.2, 0.25) is 0 Å². The second kappa shape index (κ2) is 4.11. The molecule has 23 heavy (non-hydrogen) atoms. The minimum absolute atomic E-state index is 0.314. The summed E-state index contributed by atoms with van der Waals surface area (Å²) in [5, 5.41) is 73.9. The van der Waals surface area contributed by atoms with Gasteiger partial charge in [0.1, 0.15) is 23.9 Å². The molecule has 4 bridgehead atoms. The van der Waals surface area contributed by atoms with Gasteiger partial charge >= 0.3 is 5.97 Å². The molecule has 4 heterocycles. The van der Waals surface area contributed by atoms with Crippen LogP contribution < -0.4 is 11.1 Å². The van der Waals surface area contributed by atoms with Gasteiger partial charge in [-0.2, -0.15) is 0 Å². The van der Waals surface area contributed by atoms with E-state index in [2.05, 4.69) is 10.3 Å². The van der Waals surface area contributed by atoms with E-state index in [1.165, 1.54) is 0 Å². The number of ether oxygens (including phenoxy) is 2. The van der Waals surface area contributed by atoms with E-state index in [0.29, 0.717) is 0 Å². The van der Waals surface area contributed by atoms with Crippen molar-refractivity contribution >= 4 is 5.96 Å². The first kappa shape index (κ1) is 15.4. The molecule has 4 fully saturated rings. The van der Waals surface area contributed by atoms with Gasteiger partial charge in [0.15, 0.2) is 30.2 Å². The fourth-order valence-corrected chi connectivity index (χ4v) is 4.29. The van der Waals surface area contributed by atoms with Crippen LogP contribution in [0.3, 0.4) is 0 Å². The first-order valence-corrected chi connectivity index (χ1v) is 6.91. The summed E-state index contributed by atoms with van der Waals surface area (Å²) in [5.74, 6) is -4.31. The zero-order valence-electron chi connectivity index (χ0n) is 11.5. The lowest BCUT2D eigenvalue weighted by atomic mass is 9.54. The largest absolute Gasteiger partial charge is 0.388 e. The van der Waals surface area contributed by atoms with E-state index in [9.17, 15) is 35.7 Å². The van der Waals surface area contributed by atoms with Crippen LogP contribution in [0.5, 0.6) is 0 Å². The highest BCUT2D eigenvalue weighted by Gasteiger charge is 2.84. The summed E-state index contributed by atoms with van der Waals surface area (Å²) in [6, 6.07) is 0. The highest BCUT2D eigenvalue weighted by Crippen LogP contribution is 2.59. The Morgan fingerprint density at radius 3 is 2.35 bits per heavy atom. The number of hydrogen-bond acceptors (Lipinski definition) is 12. The third-order valence-corrected chi connectivity index (χ3v) is 5.31. The van der Waals surface area contributed by atoms with E-state index in [1.54, 1.807) is 0 Å². The Morgan fingerprint density at radius 1 is 1.13 bits per heavy atom. The van der Waals surface area contributed by atoms with E-state index in [0.717, 1.165) is 0 Å². The van der Waals surface area contributed by atoms with E-state index in [1.807, 2.05) is 0 Å². The van der Waals surface area contributed by atoms with Gasteiger partial charge in [-0.1, -0.05) is 0 Å². The van der Waals surface area contributed by atoms with Crippen molar-refractivity contribution in [3.8, 4) is 0 Å². The van der Waals surface area contributed by atoms with E-state index < -0.39 is 60.0 Å². The number of aliphatic imine (C=N–C) groups is 1. The summed E-state index contributed by atoms with van der Waals surface area (Å²) in [4.78, 5) is 3.64. The summed E-state index contributed by atoms with van der Waals surface area (Å²) >= 11 is 0. The molecule has 1 aliphatic carbocycles. The molecule has 0 amide bonds. The van der Waals surface area contributed by atoms with Crippen molar-refractivity contribution < 1.29 is 45.2 Å². The SMILES string of the molecule is NC1=N[C@H](O)[C@H]2[C@H]3O[C@]4(O)O[C@@H](C(O)[C@@]2(N1)[C@@H]4O)[C@]3(O)C(O)O. The van der Waals surface area contributed by atoms with E-state index in [-0.39, 0.29) is 5.96 Å². The Hall–Kier alpha value is -1.09. The number of rotatable bonds is 1. The Bertz CT molecular complexity index is 589. The van der Waals surface area contributed by atoms with E-state index >= 15 is 0 Å². The predicted molar refractivity (Wildman–Crippen MR) is 66.9 cm³/mol. The number of aliphatic hydroxyl groups excluding tert-OH is 4. The molecule has 4 aliphatic heterocycles. The standard InChI is InChI=1S/C11H17N3O9/c12-8-13-5(16)1-3-10(20,7(18)19)4-2(15)9(1,14-8)6(17)11(21,22-3)23-4/h1-7,15-21H,(H3,12,13,14)/t1-,2?,3-,4+,5-,6+,9-,10+,11+/m1/s1. The molecule has 10 N–H and O–H groups in total. The van der Waals surface area contributed by atoms with Crippen LogP contribution in [0.15, 0.2) is 4.99 Å². The summed E-state index contributed by atoms with van der Waals surface area (Å²) in [6.45, 7) is 0. The Labute approximate surface area is 128 Å². The van der Waals surface area contributed by atoms with Crippen LogP contribution in [0.4, 0.5) is 0 Å².